The molecule has 0 saturated heterocycles. The van der Waals surface area contributed by atoms with Gasteiger partial charge >= 0.3 is 11.9 Å². The third kappa shape index (κ3) is 9.15. The molecule has 0 aliphatic rings. The van der Waals surface area contributed by atoms with Gasteiger partial charge < -0.3 is 18.9 Å². The van der Waals surface area contributed by atoms with Crippen LogP contribution in [0.2, 0.25) is 0 Å². The van der Waals surface area contributed by atoms with Gasteiger partial charge in [-0.3, -0.25) is 9.59 Å². The standard InChI is InChI=1S/C27H34Br2O6/c1-5-23(28)25(30)34-17-15-32-21-11-7-19(8-12-21)27(3,4)20-9-13-22(14-10-20)33-16-18-35-26(31)24(29)6-2/h7-14,23-24H,5-6,15-18H2,1-4H3. The van der Waals surface area contributed by atoms with E-state index in [1.54, 1.807) is 0 Å². The van der Waals surface area contributed by atoms with Gasteiger partial charge in [-0.25, -0.2) is 0 Å². The first kappa shape index (κ1) is 29.2. The number of hydrogen-bond acceptors (Lipinski definition) is 6. The highest BCUT2D eigenvalue weighted by Crippen LogP contribution is 2.33. The number of hydrogen-bond donors (Lipinski definition) is 0. The van der Waals surface area contributed by atoms with Crippen molar-refractivity contribution in [2.45, 2.75) is 55.6 Å². The molecule has 35 heavy (non-hydrogen) atoms. The number of ether oxygens (including phenoxy) is 4. The molecule has 2 aromatic carbocycles. The molecule has 0 heterocycles. The number of halogens is 2. The van der Waals surface area contributed by atoms with Gasteiger partial charge in [0.05, 0.1) is 0 Å². The molecule has 2 aromatic rings. The van der Waals surface area contributed by atoms with Crippen molar-refractivity contribution in [2.75, 3.05) is 26.4 Å². The van der Waals surface area contributed by atoms with Crippen LogP contribution in [-0.4, -0.2) is 48.0 Å². The lowest BCUT2D eigenvalue weighted by Crippen LogP contribution is -2.20. The number of carbonyl (C=O) groups excluding carboxylic acids is 2. The Labute approximate surface area is 224 Å². The lowest BCUT2D eigenvalue weighted by Gasteiger charge is -2.26. The molecule has 2 rings (SSSR count). The van der Waals surface area contributed by atoms with Gasteiger partial charge in [-0.2, -0.15) is 0 Å². The van der Waals surface area contributed by atoms with Crippen LogP contribution in [0.1, 0.15) is 51.7 Å². The zero-order valence-electron chi connectivity index (χ0n) is 20.7. The molecule has 0 aromatic heterocycles. The maximum atomic E-state index is 11.7. The van der Waals surface area contributed by atoms with Crippen molar-refractivity contribution < 1.29 is 28.5 Å². The summed E-state index contributed by atoms with van der Waals surface area (Å²) in [6.07, 6.45) is 1.36. The largest absolute Gasteiger partial charge is 0.490 e. The van der Waals surface area contributed by atoms with Gasteiger partial charge in [0.15, 0.2) is 0 Å². The third-order valence-corrected chi connectivity index (χ3v) is 7.62. The molecule has 192 valence electrons. The second-order valence-electron chi connectivity index (χ2n) is 8.46. The second-order valence-corrected chi connectivity index (χ2v) is 10.7. The molecule has 0 fully saturated rings. The molecule has 0 spiro atoms. The van der Waals surface area contributed by atoms with Crippen LogP contribution in [0.4, 0.5) is 0 Å². The summed E-state index contributed by atoms with van der Waals surface area (Å²) in [5.41, 5.74) is 2.06. The molecule has 8 heteroatoms. The molecule has 0 N–H and O–H groups in total. The van der Waals surface area contributed by atoms with E-state index in [2.05, 4.69) is 45.7 Å². The van der Waals surface area contributed by atoms with Crippen LogP contribution in [-0.2, 0) is 24.5 Å². The third-order valence-electron chi connectivity index (χ3n) is 5.57. The first-order valence-electron chi connectivity index (χ1n) is 11.8. The van der Waals surface area contributed by atoms with Crippen molar-refractivity contribution in [1.82, 2.24) is 0 Å². The van der Waals surface area contributed by atoms with E-state index < -0.39 is 0 Å². The monoisotopic (exact) mass is 612 g/mol. The SMILES string of the molecule is CCC(Br)C(=O)OCCOc1ccc(C(C)(C)c2ccc(OCCOC(=O)C(Br)CC)cc2)cc1. The molecule has 0 radical (unpaired) electrons. The van der Waals surface area contributed by atoms with Crippen molar-refractivity contribution in [2.24, 2.45) is 0 Å². The summed E-state index contributed by atoms with van der Waals surface area (Å²) in [5.74, 6) is 0.905. The molecule has 2 atom stereocenters. The Morgan fingerprint density at radius 3 is 1.34 bits per heavy atom. The van der Waals surface area contributed by atoms with Gasteiger partial charge in [0.1, 0.15) is 47.6 Å². The van der Waals surface area contributed by atoms with Crippen LogP contribution in [0.5, 0.6) is 11.5 Å². The normalized spacial score (nSPS) is 13.0. The van der Waals surface area contributed by atoms with Crippen LogP contribution in [0.25, 0.3) is 0 Å². The summed E-state index contributed by atoms with van der Waals surface area (Å²) >= 11 is 6.55. The van der Waals surface area contributed by atoms with Crippen molar-refractivity contribution in [3.8, 4) is 11.5 Å². The lowest BCUT2D eigenvalue weighted by atomic mass is 9.78. The Morgan fingerprint density at radius 1 is 0.686 bits per heavy atom. The van der Waals surface area contributed by atoms with E-state index in [0.717, 1.165) is 22.6 Å². The maximum Gasteiger partial charge on any atom is 0.319 e. The highest BCUT2D eigenvalue weighted by atomic mass is 79.9. The molecule has 0 amide bonds. The van der Waals surface area contributed by atoms with E-state index in [-0.39, 0.29) is 40.2 Å². The summed E-state index contributed by atoms with van der Waals surface area (Å²) in [5, 5.41) is 0. The van der Waals surface area contributed by atoms with Crippen molar-refractivity contribution in [3.63, 3.8) is 0 Å². The van der Waals surface area contributed by atoms with Crippen LogP contribution in [0.15, 0.2) is 48.5 Å². The molecule has 0 aliphatic heterocycles. The summed E-state index contributed by atoms with van der Waals surface area (Å²) in [6, 6.07) is 15.9. The Morgan fingerprint density at radius 2 is 1.03 bits per heavy atom. The quantitative estimate of drug-likeness (QED) is 0.143. The van der Waals surface area contributed by atoms with E-state index in [9.17, 15) is 9.59 Å². The van der Waals surface area contributed by atoms with Gasteiger partial charge in [-0.15, -0.1) is 0 Å². The Kier molecular flexibility index (Phi) is 12.1. The van der Waals surface area contributed by atoms with Gasteiger partial charge in [0.2, 0.25) is 0 Å². The van der Waals surface area contributed by atoms with Crippen molar-refractivity contribution in [1.29, 1.82) is 0 Å². The summed E-state index contributed by atoms with van der Waals surface area (Å²) in [4.78, 5) is 22.8. The van der Waals surface area contributed by atoms with Gasteiger partial charge in [-0.05, 0) is 48.2 Å². The summed E-state index contributed by atoms with van der Waals surface area (Å²) < 4.78 is 21.7. The topological polar surface area (TPSA) is 71.1 Å². The van der Waals surface area contributed by atoms with Crippen LogP contribution in [0, 0.1) is 0 Å². The summed E-state index contributed by atoms with van der Waals surface area (Å²) in [6.45, 7) is 9.16. The molecule has 0 saturated carbocycles. The minimum absolute atomic E-state index is 0.209. The van der Waals surface area contributed by atoms with Gasteiger partial charge in [0, 0.05) is 5.41 Å². The number of carbonyl (C=O) groups is 2. The van der Waals surface area contributed by atoms with Crippen LogP contribution < -0.4 is 9.47 Å². The minimum atomic E-state index is -0.276. The molecular weight excluding hydrogens is 580 g/mol. The fourth-order valence-corrected chi connectivity index (χ4v) is 3.48. The zero-order valence-corrected chi connectivity index (χ0v) is 23.9. The van der Waals surface area contributed by atoms with Gasteiger partial charge in [0.25, 0.3) is 0 Å². The fourth-order valence-electron chi connectivity index (χ4n) is 3.22. The predicted molar refractivity (Wildman–Crippen MR) is 144 cm³/mol. The first-order chi connectivity index (χ1) is 16.7. The van der Waals surface area contributed by atoms with E-state index in [1.807, 2.05) is 62.4 Å². The number of esters is 2. The smallest absolute Gasteiger partial charge is 0.319 e. The highest BCUT2D eigenvalue weighted by molar-refractivity contribution is 9.10. The Hall–Kier alpha value is -2.06. The molecule has 6 nitrogen and oxygen atoms in total. The van der Waals surface area contributed by atoms with E-state index in [4.69, 9.17) is 18.9 Å². The first-order valence-corrected chi connectivity index (χ1v) is 13.6. The minimum Gasteiger partial charge on any atom is -0.490 e. The van der Waals surface area contributed by atoms with Crippen molar-refractivity contribution >= 4 is 43.8 Å². The number of rotatable bonds is 14. The van der Waals surface area contributed by atoms with Crippen molar-refractivity contribution in [3.05, 3.63) is 59.7 Å². The van der Waals surface area contributed by atoms with Gasteiger partial charge in [-0.1, -0.05) is 83.8 Å². The lowest BCUT2D eigenvalue weighted by molar-refractivity contribution is -0.144. The molecule has 0 bridgehead atoms. The number of benzene rings is 2. The van der Waals surface area contributed by atoms with E-state index >= 15 is 0 Å². The Bertz CT molecular complexity index is 852. The number of alkyl halides is 2. The van der Waals surface area contributed by atoms with E-state index in [0.29, 0.717) is 26.1 Å². The summed E-state index contributed by atoms with van der Waals surface area (Å²) in [7, 11) is 0. The second kappa shape index (κ2) is 14.5. The van der Waals surface area contributed by atoms with Crippen LogP contribution >= 0.6 is 31.9 Å². The molecule has 2 unspecified atom stereocenters. The van der Waals surface area contributed by atoms with E-state index in [1.165, 1.54) is 0 Å². The average Bonchev–Trinajstić information content (AvgIpc) is 2.88. The zero-order chi connectivity index (χ0) is 25.8. The molecule has 0 aliphatic carbocycles. The molecular formula is C27H34Br2O6. The maximum absolute atomic E-state index is 11.7. The fraction of sp³-hybridized carbons (Fsp3) is 0.481. The van der Waals surface area contributed by atoms with Crippen LogP contribution in [0.3, 0.4) is 0 Å². The Balaban J connectivity index is 1.84. The highest BCUT2D eigenvalue weighted by Gasteiger charge is 2.23. The average molecular weight is 614 g/mol. The predicted octanol–water partition coefficient (Wildman–Crippen LogP) is 6.20.